The molecule has 11 nitrogen and oxygen atoms in total. The zero-order valence-corrected chi connectivity index (χ0v) is 29.6. The molecule has 1 saturated heterocycles. The van der Waals surface area contributed by atoms with Crippen molar-refractivity contribution in [3.05, 3.63) is 66.2 Å². The van der Waals surface area contributed by atoms with E-state index >= 15 is 0 Å². The molecular weight excluding hydrogens is 634 g/mol. The number of ether oxygens (including phenoxy) is 1. The van der Waals surface area contributed by atoms with Crippen LogP contribution in [0.3, 0.4) is 0 Å². The molecule has 50 heavy (non-hydrogen) atoms. The number of benzene rings is 2. The number of aromatic nitrogens is 2. The number of H-pyrrole nitrogens is 1. The van der Waals surface area contributed by atoms with E-state index in [2.05, 4.69) is 20.6 Å². The topological polar surface area (TPSA) is 157 Å². The van der Waals surface area contributed by atoms with Crippen molar-refractivity contribution in [2.75, 3.05) is 26.3 Å². The van der Waals surface area contributed by atoms with Gasteiger partial charge in [-0.2, -0.15) is 0 Å². The number of hydrogen-bond donors (Lipinski definition) is 5. The number of nitrogens with zero attached hydrogens (tertiary/aromatic N) is 2. The van der Waals surface area contributed by atoms with Gasteiger partial charge >= 0.3 is 0 Å². The number of amides is 3. The summed E-state index contributed by atoms with van der Waals surface area (Å²) in [5.74, 6) is -1.35. The van der Waals surface area contributed by atoms with Crippen molar-refractivity contribution >= 4 is 28.5 Å². The van der Waals surface area contributed by atoms with Gasteiger partial charge in [-0.3, -0.25) is 14.4 Å². The zero-order chi connectivity index (χ0) is 35.5. The van der Waals surface area contributed by atoms with Gasteiger partial charge in [-0.25, -0.2) is 4.98 Å². The van der Waals surface area contributed by atoms with E-state index in [1.54, 1.807) is 11.1 Å². The Bertz CT molecular complexity index is 1510. The maximum atomic E-state index is 14.3. The van der Waals surface area contributed by atoms with Crippen LogP contribution in [0.1, 0.15) is 76.5 Å². The molecule has 1 aliphatic heterocycles. The average Bonchev–Trinajstić information content (AvgIpc) is 3.64. The summed E-state index contributed by atoms with van der Waals surface area (Å²) in [5, 5.41) is 30.2. The van der Waals surface area contributed by atoms with Crippen LogP contribution in [0.15, 0.2) is 55.0 Å². The molecule has 5 rings (SSSR count). The standard InChI is InChI=1S/C39H55N5O6/c1-26(2)35(45)23-36(46)33(19-27-9-4-3-5-10-27)42-39(49)34(22-31-24-40-25-41-31)43-38(48)30(21-37(47)44-15-17-50-18-16-44)20-29-13-8-12-28-11-6-7-14-32(28)29/h6-8,11-14,24-27,30,33-36,45-46H,3-5,9-10,15-23H2,1-2H3,(H,40,41)(H,42,49)(H,43,48)/t30-,33-,34-,35+,36-/m0/s1. The third kappa shape index (κ3) is 10.6. The van der Waals surface area contributed by atoms with E-state index in [1.807, 2.05) is 56.3 Å². The SMILES string of the molecule is CC(C)[C@H](O)C[C@H](O)[C@H](CC1CCCCC1)NC(=O)[C@H](Cc1cnc[nH]1)NC(=O)[C@H](CC(=O)N1CCOCC1)Cc1cccc2ccccc12. The fourth-order valence-electron chi connectivity index (χ4n) is 7.32. The van der Waals surface area contributed by atoms with Crippen molar-refractivity contribution in [1.82, 2.24) is 25.5 Å². The van der Waals surface area contributed by atoms with Gasteiger partial charge in [0, 0.05) is 44.2 Å². The molecular formula is C39H55N5O6. The first kappa shape index (κ1) is 37.5. The molecule has 2 fully saturated rings. The smallest absolute Gasteiger partial charge is 0.243 e. The molecule has 272 valence electrons. The van der Waals surface area contributed by atoms with E-state index in [4.69, 9.17) is 4.74 Å². The van der Waals surface area contributed by atoms with E-state index in [-0.39, 0.29) is 37.0 Å². The molecule has 0 unspecified atom stereocenters. The van der Waals surface area contributed by atoms with E-state index in [1.165, 1.54) is 12.7 Å². The van der Waals surface area contributed by atoms with E-state index in [0.29, 0.717) is 50.8 Å². The predicted octanol–water partition coefficient (Wildman–Crippen LogP) is 3.92. The average molecular weight is 690 g/mol. The number of aliphatic hydroxyl groups is 2. The molecule has 0 bridgehead atoms. The van der Waals surface area contributed by atoms with Crippen molar-refractivity contribution in [2.45, 2.75) is 102 Å². The van der Waals surface area contributed by atoms with Crippen LogP contribution in [0.25, 0.3) is 10.8 Å². The molecule has 1 saturated carbocycles. The minimum absolute atomic E-state index is 0.0104. The van der Waals surface area contributed by atoms with Gasteiger partial charge in [0.1, 0.15) is 6.04 Å². The monoisotopic (exact) mass is 689 g/mol. The van der Waals surface area contributed by atoms with Gasteiger partial charge in [0.05, 0.1) is 43.7 Å². The maximum Gasteiger partial charge on any atom is 0.243 e. The molecule has 2 aliphatic rings. The molecule has 0 spiro atoms. The quantitative estimate of drug-likeness (QED) is 0.153. The summed E-state index contributed by atoms with van der Waals surface area (Å²) in [6.45, 7) is 5.67. The number of rotatable bonds is 16. The van der Waals surface area contributed by atoms with E-state index < -0.39 is 36.1 Å². The number of imidazole rings is 1. The first-order valence-corrected chi connectivity index (χ1v) is 18.4. The molecule has 5 N–H and O–H groups in total. The summed E-state index contributed by atoms with van der Waals surface area (Å²) in [6, 6.07) is 12.4. The number of carbonyl (C=O) groups excluding carboxylic acids is 3. The van der Waals surface area contributed by atoms with Crippen molar-refractivity contribution in [2.24, 2.45) is 17.8 Å². The number of nitrogens with one attached hydrogen (secondary N) is 3. The summed E-state index contributed by atoms with van der Waals surface area (Å²) < 4.78 is 5.45. The highest BCUT2D eigenvalue weighted by atomic mass is 16.5. The van der Waals surface area contributed by atoms with E-state index in [9.17, 15) is 24.6 Å². The number of carbonyl (C=O) groups is 3. The lowest BCUT2D eigenvalue weighted by atomic mass is 9.82. The Kier molecular flexibility index (Phi) is 13.8. The summed E-state index contributed by atoms with van der Waals surface area (Å²) in [5.41, 5.74) is 1.62. The van der Waals surface area contributed by atoms with Crippen molar-refractivity contribution in [3.63, 3.8) is 0 Å². The summed E-state index contributed by atoms with van der Waals surface area (Å²) in [4.78, 5) is 50.9. The number of fused-ring (bicyclic) bond motifs is 1. The van der Waals surface area contributed by atoms with Crippen molar-refractivity contribution < 1.29 is 29.3 Å². The first-order chi connectivity index (χ1) is 24.2. The molecule has 1 aromatic heterocycles. The number of aliphatic hydroxyl groups excluding tert-OH is 2. The lowest BCUT2D eigenvalue weighted by Gasteiger charge is -2.33. The van der Waals surface area contributed by atoms with Crippen LogP contribution in [0, 0.1) is 17.8 Å². The Morgan fingerprint density at radius 3 is 2.40 bits per heavy atom. The second kappa shape index (κ2) is 18.4. The highest BCUT2D eigenvalue weighted by Crippen LogP contribution is 2.29. The fourth-order valence-corrected chi connectivity index (χ4v) is 7.32. The molecule has 5 atom stereocenters. The highest BCUT2D eigenvalue weighted by molar-refractivity contribution is 5.92. The largest absolute Gasteiger partial charge is 0.393 e. The van der Waals surface area contributed by atoms with Gasteiger partial charge in [-0.1, -0.05) is 88.4 Å². The van der Waals surface area contributed by atoms with Crippen LogP contribution >= 0.6 is 0 Å². The van der Waals surface area contributed by atoms with Gasteiger partial charge in [-0.05, 0) is 41.0 Å². The van der Waals surface area contributed by atoms with Crippen LogP contribution < -0.4 is 10.6 Å². The Labute approximate surface area is 295 Å². The normalized spacial score (nSPS) is 18.7. The molecule has 1 aliphatic carbocycles. The van der Waals surface area contributed by atoms with Crippen LogP contribution in [-0.2, 0) is 32.0 Å². The van der Waals surface area contributed by atoms with E-state index in [0.717, 1.165) is 42.0 Å². The van der Waals surface area contributed by atoms with Gasteiger partial charge < -0.3 is 35.5 Å². The number of aromatic amines is 1. The molecule has 2 heterocycles. The maximum absolute atomic E-state index is 14.3. The third-order valence-corrected chi connectivity index (χ3v) is 10.5. The Morgan fingerprint density at radius 1 is 0.940 bits per heavy atom. The molecule has 0 radical (unpaired) electrons. The van der Waals surface area contributed by atoms with Crippen LogP contribution in [0.2, 0.25) is 0 Å². The Morgan fingerprint density at radius 2 is 1.68 bits per heavy atom. The minimum atomic E-state index is -0.993. The van der Waals surface area contributed by atoms with Gasteiger partial charge in [0.25, 0.3) is 0 Å². The highest BCUT2D eigenvalue weighted by Gasteiger charge is 2.34. The zero-order valence-electron chi connectivity index (χ0n) is 29.6. The van der Waals surface area contributed by atoms with Crippen LogP contribution in [0.5, 0.6) is 0 Å². The summed E-state index contributed by atoms with van der Waals surface area (Å²) in [7, 11) is 0. The number of morpholine rings is 1. The fraction of sp³-hybridized carbons (Fsp3) is 0.590. The predicted molar refractivity (Wildman–Crippen MR) is 192 cm³/mol. The van der Waals surface area contributed by atoms with Crippen molar-refractivity contribution in [3.8, 4) is 0 Å². The number of hydrogen-bond acceptors (Lipinski definition) is 7. The second-order valence-corrected chi connectivity index (χ2v) is 14.5. The van der Waals surface area contributed by atoms with Gasteiger partial charge in [0.2, 0.25) is 17.7 Å². The second-order valence-electron chi connectivity index (χ2n) is 14.5. The third-order valence-electron chi connectivity index (χ3n) is 10.5. The Balaban J connectivity index is 1.38. The molecule has 2 aromatic carbocycles. The Hall–Kier alpha value is -3.80. The first-order valence-electron chi connectivity index (χ1n) is 18.4. The minimum Gasteiger partial charge on any atom is -0.393 e. The summed E-state index contributed by atoms with van der Waals surface area (Å²) in [6.07, 6.45) is 8.18. The van der Waals surface area contributed by atoms with Gasteiger partial charge in [-0.15, -0.1) is 0 Å². The summed E-state index contributed by atoms with van der Waals surface area (Å²) >= 11 is 0. The lowest BCUT2D eigenvalue weighted by Crippen LogP contribution is -2.55. The molecule has 11 heteroatoms. The van der Waals surface area contributed by atoms with Gasteiger partial charge in [0.15, 0.2) is 0 Å². The van der Waals surface area contributed by atoms with Crippen LogP contribution in [0.4, 0.5) is 0 Å². The van der Waals surface area contributed by atoms with Crippen LogP contribution in [-0.4, -0.2) is 93.4 Å². The van der Waals surface area contributed by atoms with Crippen molar-refractivity contribution in [1.29, 1.82) is 0 Å². The molecule has 3 aromatic rings. The lowest BCUT2D eigenvalue weighted by molar-refractivity contribution is -0.140. The molecule has 3 amide bonds.